The fourth-order valence-electron chi connectivity index (χ4n) is 1.21. The number of nitrogens with one attached hydrogen (secondary N) is 1. The molecule has 0 saturated heterocycles. The summed E-state index contributed by atoms with van der Waals surface area (Å²) in [6.45, 7) is 8.20. The summed E-state index contributed by atoms with van der Waals surface area (Å²) in [6, 6.07) is 0. The van der Waals surface area contributed by atoms with Crippen molar-refractivity contribution in [3.63, 3.8) is 0 Å². The van der Waals surface area contributed by atoms with Crippen LogP contribution in [0.1, 0.15) is 50.3 Å². The van der Waals surface area contributed by atoms with E-state index in [4.69, 9.17) is 4.74 Å². The molecule has 5 nitrogen and oxygen atoms in total. The van der Waals surface area contributed by atoms with Crippen LogP contribution in [0.4, 0.5) is 0 Å². The number of carbonyl (C=O) groups is 1. The van der Waals surface area contributed by atoms with Crippen LogP contribution in [0.25, 0.3) is 0 Å². The van der Waals surface area contributed by atoms with Crippen LogP contribution in [0, 0.1) is 0 Å². The first-order valence-corrected chi connectivity index (χ1v) is 5.11. The second-order valence-corrected chi connectivity index (χ2v) is 3.98. The predicted molar refractivity (Wildman–Crippen MR) is 55.7 cm³/mol. The average Bonchev–Trinajstić information content (AvgIpc) is 2.67. The topological polar surface area (TPSA) is 67.9 Å². The molecular formula is C10H17N3O2. The first kappa shape index (κ1) is 11.7. The van der Waals surface area contributed by atoms with Gasteiger partial charge in [-0.1, -0.05) is 20.8 Å². The molecule has 1 aromatic heterocycles. The van der Waals surface area contributed by atoms with Crippen LogP contribution in [0.2, 0.25) is 0 Å². The summed E-state index contributed by atoms with van der Waals surface area (Å²) in [5, 5.41) is 10.3. The molecule has 0 radical (unpaired) electrons. The van der Waals surface area contributed by atoms with Gasteiger partial charge in [-0.2, -0.15) is 10.3 Å². The molecule has 0 aliphatic carbocycles. The van der Waals surface area contributed by atoms with Crippen molar-refractivity contribution in [2.75, 3.05) is 6.61 Å². The lowest BCUT2D eigenvalue weighted by Gasteiger charge is -2.19. The minimum atomic E-state index is -0.414. The SMILES string of the molecule is CCOC(=O)c1n[nH]nc1C(C)(C)CC. The van der Waals surface area contributed by atoms with Crippen molar-refractivity contribution < 1.29 is 9.53 Å². The van der Waals surface area contributed by atoms with E-state index in [0.717, 1.165) is 6.42 Å². The first-order valence-electron chi connectivity index (χ1n) is 5.11. The van der Waals surface area contributed by atoms with Gasteiger partial charge in [-0.05, 0) is 13.3 Å². The van der Waals surface area contributed by atoms with E-state index in [1.165, 1.54) is 0 Å². The number of esters is 1. The summed E-state index contributed by atoms with van der Waals surface area (Å²) in [4.78, 5) is 11.5. The standard InChI is InChI=1S/C10H17N3O2/c1-5-10(3,4)8-7(11-13-12-8)9(14)15-6-2/h5-6H2,1-4H3,(H,11,12,13). The number of aromatic amines is 1. The lowest BCUT2D eigenvalue weighted by Crippen LogP contribution is -2.21. The van der Waals surface area contributed by atoms with E-state index in [1.807, 2.05) is 20.8 Å². The molecule has 1 N–H and O–H groups in total. The lowest BCUT2D eigenvalue weighted by molar-refractivity contribution is 0.0516. The summed E-state index contributed by atoms with van der Waals surface area (Å²) in [6.07, 6.45) is 0.881. The molecular weight excluding hydrogens is 194 g/mol. The molecule has 0 bridgehead atoms. The lowest BCUT2D eigenvalue weighted by atomic mass is 9.85. The number of aromatic nitrogens is 3. The predicted octanol–water partition coefficient (Wildman–Crippen LogP) is 1.67. The second-order valence-electron chi connectivity index (χ2n) is 3.98. The molecule has 0 unspecified atom stereocenters. The number of hydrogen-bond donors (Lipinski definition) is 1. The third kappa shape index (κ3) is 2.34. The van der Waals surface area contributed by atoms with Gasteiger partial charge in [-0.3, -0.25) is 0 Å². The number of hydrogen-bond acceptors (Lipinski definition) is 4. The molecule has 84 valence electrons. The van der Waals surface area contributed by atoms with E-state index in [1.54, 1.807) is 6.92 Å². The summed E-state index contributed by atoms with van der Waals surface area (Å²) < 4.78 is 4.91. The van der Waals surface area contributed by atoms with Gasteiger partial charge in [0.1, 0.15) is 5.69 Å². The maximum Gasteiger partial charge on any atom is 0.360 e. The van der Waals surface area contributed by atoms with Crippen molar-refractivity contribution in [1.29, 1.82) is 0 Å². The highest BCUT2D eigenvalue weighted by Gasteiger charge is 2.29. The summed E-state index contributed by atoms with van der Waals surface area (Å²) in [5.74, 6) is -0.414. The number of H-pyrrole nitrogens is 1. The van der Waals surface area contributed by atoms with Crippen LogP contribution >= 0.6 is 0 Å². The zero-order valence-corrected chi connectivity index (χ0v) is 9.63. The van der Waals surface area contributed by atoms with Crippen LogP contribution in [-0.4, -0.2) is 28.0 Å². The van der Waals surface area contributed by atoms with Crippen molar-refractivity contribution in [2.45, 2.75) is 39.5 Å². The van der Waals surface area contributed by atoms with Crippen LogP contribution in [0.3, 0.4) is 0 Å². The normalized spacial score (nSPS) is 11.5. The van der Waals surface area contributed by atoms with Gasteiger partial charge >= 0.3 is 5.97 Å². The van der Waals surface area contributed by atoms with E-state index in [-0.39, 0.29) is 5.41 Å². The number of carbonyl (C=O) groups excluding carboxylic acids is 1. The molecule has 0 aromatic carbocycles. The van der Waals surface area contributed by atoms with Crippen LogP contribution in [-0.2, 0) is 10.2 Å². The fourth-order valence-corrected chi connectivity index (χ4v) is 1.21. The zero-order valence-electron chi connectivity index (χ0n) is 9.63. The van der Waals surface area contributed by atoms with E-state index in [0.29, 0.717) is 18.0 Å². The summed E-state index contributed by atoms with van der Waals surface area (Å²) >= 11 is 0. The highest BCUT2D eigenvalue weighted by molar-refractivity contribution is 5.88. The van der Waals surface area contributed by atoms with Crippen LogP contribution in [0.5, 0.6) is 0 Å². The molecule has 0 fully saturated rings. The molecule has 0 amide bonds. The Hall–Kier alpha value is -1.39. The van der Waals surface area contributed by atoms with Crippen LogP contribution < -0.4 is 0 Å². The monoisotopic (exact) mass is 211 g/mol. The van der Waals surface area contributed by atoms with Gasteiger partial charge in [0.15, 0.2) is 5.69 Å². The maximum atomic E-state index is 11.5. The van der Waals surface area contributed by atoms with Crippen molar-refractivity contribution in [1.82, 2.24) is 15.4 Å². The molecule has 0 aliphatic heterocycles. The van der Waals surface area contributed by atoms with Crippen molar-refractivity contribution in [3.05, 3.63) is 11.4 Å². The molecule has 0 atom stereocenters. The van der Waals surface area contributed by atoms with E-state index < -0.39 is 5.97 Å². The zero-order chi connectivity index (χ0) is 11.5. The quantitative estimate of drug-likeness (QED) is 0.769. The molecule has 0 saturated carbocycles. The number of rotatable bonds is 4. The Morgan fingerprint density at radius 3 is 2.60 bits per heavy atom. The van der Waals surface area contributed by atoms with E-state index in [2.05, 4.69) is 15.4 Å². The van der Waals surface area contributed by atoms with Crippen molar-refractivity contribution in [3.8, 4) is 0 Å². The molecule has 0 aliphatic rings. The fraction of sp³-hybridized carbons (Fsp3) is 0.700. The Kier molecular flexibility index (Phi) is 3.44. The molecule has 5 heteroatoms. The second kappa shape index (κ2) is 4.42. The smallest absolute Gasteiger partial charge is 0.360 e. The Balaban J connectivity index is 3.01. The van der Waals surface area contributed by atoms with E-state index in [9.17, 15) is 4.79 Å². The van der Waals surface area contributed by atoms with Gasteiger partial charge < -0.3 is 4.74 Å². The number of nitrogens with zero attached hydrogens (tertiary/aromatic N) is 2. The first-order chi connectivity index (χ1) is 7.03. The Bertz CT molecular complexity index is 344. The Morgan fingerprint density at radius 2 is 2.07 bits per heavy atom. The van der Waals surface area contributed by atoms with Gasteiger partial charge in [-0.25, -0.2) is 4.79 Å². The van der Waals surface area contributed by atoms with Gasteiger partial charge in [0.05, 0.1) is 6.61 Å². The molecule has 1 rings (SSSR count). The van der Waals surface area contributed by atoms with Gasteiger partial charge in [0.2, 0.25) is 0 Å². The number of ether oxygens (including phenoxy) is 1. The Morgan fingerprint density at radius 1 is 1.40 bits per heavy atom. The summed E-state index contributed by atoms with van der Waals surface area (Å²) in [7, 11) is 0. The average molecular weight is 211 g/mol. The van der Waals surface area contributed by atoms with Gasteiger partial charge in [0.25, 0.3) is 0 Å². The minimum absolute atomic E-state index is 0.172. The van der Waals surface area contributed by atoms with Crippen molar-refractivity contribution in [2.24, 2.45) is 0 Å². The van der Waals surface area contributed by atoms with E-state index >= 15 is 0 Å². The third-order valence-electron chi connectivity index (χ3n) is 2.54. The minimum Gasteiger partial charge on any atom is -0.461 e. The van der Waals surface area contributed by atoms with Crippen molar-refractivity contribution >= 4 is 5.97 Å². The molecule has 15 heavy (non-hydrogen) atoms. The molecule has 0 spiro atoms. The molecule has 1 aromatic rings. The molecule has 1 heterocycles. The highest BCUT2D eigenvalue weighted by atomic mass is 16.5. The largest absolute Gasteiger partial charge is 0.461 e. The van der Waals surface area contributed by atoms with Crippen LogP contribution in [0.15, 0.2) is 0 Å². The highest BCUT2D eigenvalue weighted by Crippen LogP contribution is 2.26. The third-order valence-corrected chi connectivity index (χ3v) is 2.54. The summed E-state index contributed by atoms with van der Waals surface area (Å²) in [5.41, 5.74) is 0.793. The Labute approximate surface area is 89.2 Å². The van der Waals surface area contributed by atoms with Gasteiger partial charge in [0, 0.05) is 5.41 Å². The maximum absolute atomic E-state index is 11.5. The van der Waals surface area contributed by atoms with Gasteiger partial charge in [-0.15, -0.1) is 5.10 Å².